The molecule has 1 atom stereocenters. The summed E-state index contributed by atoms with van der Waals surface area (Å²) in [4.78, 5) is 30.2. The molecule has 7 heteroatoms. The third kappa shape index (κ3) is 4.05. The van der Waals surface area contributed by atoms with Gasteiger partial charge in [0.05, 0.1) is 22.8 Å². The van der Waals surface area contributed by atoms with Crippen molar-refractivity contribution in [3.8, 4) is 0 Å². The van der Waals surface area contributed by atoms with Gasteiger partial charge >= 0.3 is 6.03 Å². The average Bonchev–Trinajstić information content (AvgIpc) is 3.22. The van der Waals surface area contributed by atoms with Crippen molar-refractivity contribution in [1.82, 2.24) is 20.5 Å². The van der Waals surface area contributed by atoms with Crippen molar-refractivity contribution < 1.29 is 9.59 Å². The summed E-state index contributed by atoms with van der Waals surface area (Å²) in [5.74, 6) is -0.299. The van der Waals surface area contributed by atoms with Crippen LogP contribution in [-0.4, -0.2) is 41.0 Å². The fourth-order valence-corrected chi connectivity index (χ4v) is 3.23. The van der Waals surface area contributed by atoms with E-state index < -0.39 is 12.1 Å². The van der Waals surface area contributed by atoms with Crippen molar-refractivity contribution in [2.75, 3.05) is 7.05 Å². The molecule has 1 aliphatic rings. The molecule has 3 amide bonds. The van der Waals surface area contributed by atoms with Crippen LogP contribution < -0.4 is 10.6 Å². The van der Waals surface area contributed by atoms with Crippen molar-refractivity contribution in [1.29, 1.82) is 0 Å². The van der Waals surface area contributed by atoms with Crippen LogP contribution in [-0.2, 0) is 11.3 Å². The Hall–Kier alpha value is -1.99. The number of aromatic nitrogens is 1. The molecule has 1 aliphatic carbocycles. The first kappa shape index (κ1) is 15.9. The molecule has 2 aromatic rings. The monoisotopic (exact) mass is 332 g/mol. The summed E-state index contributed by atoms with van der Waals surface area (Å²) >= 11 is 1.62. The number of amides is 3. The maximum absolute atomic E-state index is 12.1. The molecule has 1 aromatic heterocycles. The Morgan fingerprint density at radius 3 is 2.83 bits per heavy atom. The molecule has 0 saturated heterocycles. The van der Waals surface area contributed by atoms with Gasteiger partial charge in [-0.25, -0.2) is 9.78 Å². The minimum atomic E-state index is -0.410. The van der Waals surface area contributed by atoms with Gasteiger partial charge in [-0.05, 0) is 38.9 Å². The molecular weight excluding hydrogens is 312 g/mol. The van der Waals surface area contributed by atoms with Crippen LogP contribution in [0.5, 0.6) is 0 Å². The van der Waals surface area contributed by atoms with E-state index in [4.69, 9.17) is 0 Å². The second-order valence-corrected chi connectivity index (χ2v) is 7.02. The summed E-state index contributed by atoms with van der Waals surface area (Å²) < 4.78 is 1.14. The minimum Gasteiger partial charge on any atom is -0.335 e. The van der Waals surface area contributed by atoms with Gasteiger partial charge in [0.1, 0.15) is 5.01 Å². The van der Waals surface area contributed by atoms with Crippen LogP contribution in [0.4, 0.5) is 4.79 Å². The lowest BCUT2D eigenvalue weighted by Crippen LogP contribution is -2.48. The number of nitrogens with one attached hydrogen (secondary N) is 2. The van der Waals surface area contributed by atoms with Crippen LogP contribution in [0.3, 0.4) is 0 Å². The highest BCUT2D eigenvalue weighted by Crippen LogP contribution is 2.22. The molecule has 1 aromatic carbocycles. The van der Waals surface area contributed by atoms with Gasteiger partial charge in [0.25, 0.3) is 0 Å². The Morgan fingerprint density at radius 2 is 2.13 bits per heavy atom. The molecule has 0 spiro atoms. The summed E-state index contributed by atoms with van der Waals surface area (Å²) in [6, 6.07) is 7.39. The molecule has 3 rings (SSSR count). The summed E-state index contributed by atoms with van der Waals surface area (Å²) in [5, 5.41) is 6.10. The number of likely N-dealkylation sites (N-methyl/N-ethyl adjacent to an activating group) is 1. The molecule has 2 N–H and O–H groups in total. The summed E-state index contributed by atoms with van der Waals surface area (Å²) in [5.41, 5.74) is 0.974. The maximum Gasteiger partial charge on any atom is 0.321 e. The first-order valence-corrected chi connectivity index (χ1v) is 8.50. The molecular formula is C16H20N4O2S. The third-order valence-corrected chi connectivity index (χ3v) is 4.93. The van der Waals surface area contributed by atoms with Gasteiger partial charge in [-0.3, -0.25) is 15.0 Å². The molecule has 0 unspecified atom stereocenters. The van der Waals surface area contributed by atoms with E-state index in [-0.39, 0.29) is 11.9 Å². The second kappa shape index (κ2) is 6.64. The lowest BCUT2D eigenvalue weighted by Gasteiger charge is -2.22. The molecule has 1 saturated carbocycles. The number of para-hydroxylation sites is 1. The number of imide groups is 1. The highest BCUT2D eigenvalue weighted by molar-refractivity contribution is 7.18. The molecule has 0 radical (unpaired) electrons. The van der Waals surface area contributed by atoms with Gasteiger partial charge in [0, 0.05) is 6.04 Å². The molecule has 23 heavy (non-hydrogen) atoms. The van der Waals surface area contributed by atoms with Crippen molar-refractivity contribution >= 4 is 33.5 Å². The van der Waals surface area contributed by atoms with Gasteiger partial charge < -0.3 is 5.32 Å². The topological polar surface area (TPSA) is 74.3 Å². The largest absolute Gasteiger partial charge is 0.335 e. The number of benzene rings is 1. The van der Waals surface area contributed by atoms with Crippen LogP contribution in [0.15, 0.2) is 24.3 Å². The Bertz CT molecular complexity index is 693. The van der Waals surface area contributed by atoms with Crippen molar-refractivity contribution in [3.05, 3.63) is 29.3 Å². The Morgan fingerprint density at radius 1 is 1.39 bits per heavy atom. The maximum atomic E-state index is 12.1. The Labute approximate surface area is 138 Å². The number of hydrogen-bond acceptors (Lipinski definition) is 5. The predicted octanol–water partition coefficient (Wildman–Crippen LogP) is 2.10. The normalized spacial score (nSPS) is 15.6. The van der Waals surface area contributed by atoms with E-state index in [1.807, 2.05) is 36.2 Å². The predicted molar refractivity (Wildman–Crippen MR) is 90.2 cm³/mol. The van der Waals surface area contributed by atoms with Gasteiger partial charge in [0.15, 0.2) is 0 Å². The summed E-state index contributed by atoms with van der Waals surface area (Å²) in [6.45, 7) is 2.35. The SMILES string of the molecule is C[C@H](C(=O)NC(=O)NC1CC1)N(C)Cc1nc2ccccc2s1. The van der Waals surface area contributed by atoms with E-state index in [1.54, 1.807) is 18.3 Å². The second-order valence-electron chi connectivity index (χ2n) is 5.90. The minimum absolute atomic E-state index is 0.235. The lowest BCUT2D eigenvalue weighted by molar-refractivity contribution is -0.124. The van der Waals surface area contributed by atoms with E-state index in [1.165, 1.54) is 0 Å². The zero-order valence-corrected chi connectivity index (χ0v) is 14.0. The highest BCUT2D eigenvalue weighted by Gasteiger charge is 2.26. The summed E-state index contributed by atoms with van der Waals surface area (Å²) in [7, 11) is 1.86. The van der Waals surface area contributed by atoms with E-state index >= 15 is 0 Å². The third-order valence-electron chi connectivity index (χ3n) is 3.91. The highest BCUT2D eigenvalue weighted by atomic mass is 32.1. The van der Waals surface area contributed by atoms with Crippen molar-refractivity contribution in [3.63, 3.8) is 0 Å². The zero-order valence-electron chi connectivity index (χ0n) is 13.2. The van der Waals surface area contributed by atoms with E-state index in [0.717, 1.165) is 28.1 Å². The number of urea groups is 1. The number of carbonyl (C=O) groups excluding carboxylic acids is 2. The van der Waals surface area contributed by atoms with E-state index in [2.05, 4.69) is 15.6 Å². The number of rotatable bonds is 5. The Balaban J connectivity index is 1.56. The fraction of sp³-hybridized carbons (Fsp3) is 0.438. The zero-order chi connectivity index (χ0) is 16.4. The van der Waals surface area contributed by atoms with Crippen LogP contribution in [0.25, 0.3) is 10.2 Å². The fourth-order valence-electron chi connectivity index (χ4n) is 2.20. The molecule has 122 valence electrons. The van der Waals surface area contributed by atoms with E-state index in [0.29, 0.717) is 6.54 Å². The average molecular weight is 332 g/mol. The van der Waals surface area contributed by atoms with Crippen LogP contribution in [0.2, 0.25) is 0 Å². The standard InChI is InChI=1S/C16H20N4O2S/c1-10(15(21)19-16(22)17-11-7-8-11)20(2)9-14-18-12-5-3-4-6-13(12)23-14/h3-6,10-11H,7-9H2,1-2H3,(H2,17,19,21,22)/t10-/m1/s1. The molecule has 6 nitrogen and oxygen atoms in total. The first-order valence-electron chi connectivity index (χ1n) is 7.69. The molecule has 1 heterocycles. The number of hydrogen-bond donors (Lipinski definition) is 2. The van der Waals surface area contributed by atoms with Gasteiger partial charge in [-0.1, -0.05) is 12.1 Å². The smallest absolute Gasteiger partial charge is 0.321 e. The lowest BCUT2D eigenvalue weighted by atomic mass is 10.3. The summed E-state index contributed by atoms with van der Waals surface area (Å²) in [6.07, 6.45) is 1.99. The molecule has 0 bridgehead atoms. The first-order chi connectivity index (χ1) is 11.0. The van der Waals surface area contributed by atoms with Crippen LogP contribution in [0, 0.1) is 0 Å². The Kier molecular flexibility index (Phi) is 4.58. The van der Waals surface area contributed by atoms with Crippen molar-refractivity contribution in [2.24, 2.45) is 0 Å². The number of carbonyl (C=O) groups is 2. The quantitative estimate of drug-likeness (QED) is 0.879. The number of nitrogens with zero attached hydrogens (tertiary/aromatic N) is 2. The van der Waals surface area contributed by atoms with Crippen LogP contribution in [0.1, 0.15) is 24.8 Å². The van der Waals surface area contributed by atoms with Gasteiger partial charge in [0.2, 0.25) is 5.91 Å². The number of thiazole rings is 1. The van der Waals surface area contributed by atoms with E-state index in [9.17, 15) is 9.59 Å². The van der Waals surface area contributed by atoms with Crippen LogP contribution >= 0.6 is 11.3 Å². The molecule has 1 fully saturated rings. The van der Waals surface area contributed by atoms with Gasteiger partial charge in [-0.2, -0.15) is 0 Å². The van der Waals surface area contributed by atoms with Crippen molar-refractivity contribution in [2.45, 2.75) is 38.4 Å². The number of fused-ring (bicyclic) bond motifs is 1. The molecule has 0 aliphatic heterocycles. The van der Waals surface area contributed by atoms with Gasteiger partial charge in [-0.15, -0.1) is 11.3 Å².